The van der Waals surface area contributed by atoms with E-state index in [4.69, 9.17) is 10.4 Å². The molecule has 2 aliphatic carbocycles. The Labute approximate surface area is 186 Å². The van der Waals surface area contributed by atoms with E-state index in [2.05, 4.69) is 20.5 Å². The van der Waals surface area contributed by atoms with Crippen LogP contribution in [0.25, 0.3) is 16.6 Å². The normalized spacial score (nSPS) is 22.8. The van der Waals surface area contributed by atoms with Gasteiger partial charge in [-0.1, -0.05) is 0 Å². The second-order valence-corrected chi connectivity index (χ2v) is 8.67. The lowest BCUT2D eigenvalue weighted by atomic mass is 9.95. The number of hydrogen-bond donors (Lipinski definition) is 4. The number of anilines is 1. The molecule has 1 saturated carbocycles. The van der Waals surface area contributed by atoms with Gasteiger partial charge < -0.3 is 20.6 Å². The lowest BCUT2D eigenvalue weighted by Crippen LogP contribution is -2.34. The van der Waals surface area contributed by atoms with Crippen LogP contribution in [0.15, 0.2) is 53.7 Å². The molecular weight excluding hydrogens is 407 g/mol. The van der Waals surface area contributed by atoms with Crippen molar-refractivity contribution >= 4 is 28.1 Å². The summed E-state index contributed by atoms with van der Waals surface area (Å²) in [6.07, 6.45) is 6.92. The first-order valence-electron chi connectivity index (χ1n) is 11.1. The molecule has 1 aliphatic heterocycles. The van der Waals surface area contributed by atoms with E-state index in [-0.39, 0.29) is 11.3 Å². The van der Waals surface area contributed by atoms with Gasteiger partial charge >= 0.3 is 0 Å². The van der Waals surface area contributed by atoms with Gasteiger partial charge in [-0.25, -0.2) is 14.4 Å². The summed E-state index contributed by atoms with van der Waals surface area (Å²) in [6, 6.07) is 7.96. The summed E-state index contributed by atoms with van der Waals surface area (Å²) in [5.41, 5.74) is 2.08. The van der Waals surface area contributed by atoms with E-state index in [0.29, 0.717) is 22.8 Å². The van der Waals surface area contributed by atoms with Crippen molar-refractivity contribution in [1.29, 1.82) is 5.41 Å². The molecule has 2 fully saturated rings. The van der Waals surface area contributed by atoms with E-state index < -0.39 is 11.6 Å². The number of nitrogens with one attached hydrogen (secondary N) is 3. The van der Waals surface area contributed by atoms with Crippen LogP contribution in [-0.2, 0) is 0 Å². The molecule has 0 radical (unpaired) electrons. The Morgan fingerprint density at radius 2 is 1.97 bits per heavy atom. The highest BCUT2D eigenvalue weighted by molar-refractivity contribution is 6.16. The third-order valence-corrected chi connectivity index (χ3v) is 6.28. The smallest absolute Gasteiger partial charge is 0.190 e. The Balaban J connectivity index is 1.38. The van der Waals surface area contributed by atoms with Crippen molar-refractivity contribution in [3.8, 4) is 0 Å². The first-order valence-corrected chi connectivity index (χ1v) is 11.1. The summed E-state index contributed by atoms with van der Waals surface area (Å²) in [4.78, 5) is 11.7. The fraction of sp³-hybridized carbons (Fsp3) is 0.375. The number of nitrogens with zero attached hydrogens (tertiary/aromatic N) is 3. The van der Waals surface area contributed by atoms with Crippen LogP contribution in [0.3, 0.4) is 0 Å². The second kappa shape index (κ2) is 8.35. The average molecular weight is 435 g/mol. The van der Waals surface area contributed by atoms with E-state index >= 15 is 0 Å². The molecule has 0 bridgehead atoms. The van der Waals surface area contributed by atoms with E-state index in [9.17, 15) is 9.50 Å². The van der Waals surface area contributed by atoms with Gasteiger partial charge in [-0.05, 0) is 62.1 Å². The molecule has 0 amide bonds. The fourth-order valence-corrected chi connectivity index (χ4v) is 4.24. The monoisotopic (exact) mass is 434 g/mol. The maximum atomic E-state index is 14.4. The van der Waals surface area contributed by atoms with Crippen LogP contribution < -0.4 is 15.5 Å². The number of pyridine rings is 2. The maximum Gasteiger partial charge on any atom is 0.190 e. The molecule has 1 saturated heterocycles. The van der Waals surface area contributed by atoms with Gasteiger partial charge in [0, 0.05) is 43.5 Å². The number of aromatic nitrogens is 2. The number of halogens is 1. The number of aliphatic hydroxyl groups excluding tert-OH is 1. The molecule has 166 valence electrons. The molecule has 7 nitrogen and oxygen atoms in total. The molecule has 1 unspecified atom stereocenters. The minimum absolute atomic E-state index is 0.245. The first-order chi connectivity index (χ1) is 15.5. The van der Waals surface area contributed by atoms with E-state index in [0.717, 1.165) is 43.3 Å². The number of rotatable bonds is 6. The summed E-state index contributed by atoms with van der Waals surface area (Å²) in [5.74, 6) is 0.279. The summed E-state index contributed by atoms with van der Waals surface area (Å²) in [5, 5.41) is 24.6. The maximum absolute atomic E-state index is 14.4. The van der Waals surface area contributed by atoms with Gasteiger partial charge in [0.1, 0.15) is 11.5 Å². The minimum Gasteiger partial charge on any atom is -0.504 e. The van der Waals surface area contributed by atoms with E-state index in [1.165, 1.54) is 19.0 Å². The van der Waals surface area contributed by atoms with Crippen molar-refractivity contribution < 1.29 is 9.50 Å². The summed E-state index contributed by atoms with van der Waals surface area (Å²) in [6.45, 7) is 3.05. The largest absolute Gasteiger partial charge is 0.504 e. The molecule has 2 aromatic heterocycles. The van der Waals surface area contributed by atoms with Crippen molar-refractivity contribution in [2.24, 2.45) is 5.92 Å². The van der Waals surface area contributed by atoms with Crippen LogP contribution >= 0.6 is 0 Å². The summed E-state index contributed by atoms with van der Waals surface area (Å²) < 4.78 is 14.4. The SMILES string of the molecule is CN/C=C1/C=C(c2ccc3nc(N4CCC(NCC5CC5)C4)ccc3n2)C(O)=C(F)C1=N. The van der Waals surface area contributed by atoms with Crippen LogP contribution in [0.1, 0.15) is 25.0 Å². The highest BCUT2D eigenvalue weighted by Crippen LogP contribution is 2.32. The molecule has 3 heterocycles. The highest BCUT2D eigenvalue weighted by Gasteiger charge is 2.28. The zero-order chi connectivity index (χ0) is 22.2. The molecule has 32 heavy (non-hydrogen) atoms. The van der Waals surface area contributed by atoms with Gasteiger partial charge in [-0.2, -0.15) is 0 Å². The van der Waals surface area contributed by atoms with Gasteiger partial charge in [0.15, 0.2) is 11.6 Å². The molecule has 0 aromatic carbocycles. The Kier molecular flexibility index (Phi) is 5.38. The molecule has 0 spiro atoms. The molecule has 5 rings (SSSR count). The highest BCUT2D eigenvalue weighted by atomic mass is 19.1. The van der Waals surface area contributed by atoms with Crippen LogP contribution in [0, 0.1) is 11.3 Å². The molecule has 2 aromatic rings. The lowest BCUT2D eigenvalue weighted by molar-refractivity contribution is 0.413. The minimum atomic E-state index is -0.960. The average Bonchev–Trinajstić information content (AvgIpc) is 3.52. The zero-order valence-corrected chi connectivity index (χ0v) is 18.0. The quantitative estimate of drug-likeness (QED) is 0.556. The van der Waals surface area contributed by atoms with Crippen molar-refractivity contribution in [2.45, 2.75) is 25.3 Å². The lowest BCUT2D eigenvalue weighted by Gasteiger charge is -2.19. The van der Waals surface area contributed by atoms with Crippen molar-refractivity contribution in [1.82, 2.24) is 20.6 Å². The van der Waals surface area contributed by atoms with E-state index in [1.807, 2.05) is 18.2 Å². The molecule has 8 heteroatoms. The fourth-order valence-electron chi connectivity index (χ4n) is 4.24. The Morgan fingerprint density at radius 3 is 2.75 bits per heavy atom. The molecule has 3 aliphatic rings. The van der Waals surface area contributed by atoms with Gasteiger partial charge in [0.05, 0.1) is 16.7 Å². The van der Waals surface area contributed by atoms with Gasteiger partial charge in [0.2, 0.25) is 0 Å². The third kappa shape index (κ3) is 3.98. The van der Waals surface area contributed by atoms with Gasteiger partial charge in [-0.3, -0.25) is 5.41 Å². The van der Waals surface area contributed by atoms with Crippen molar-refractivity contribution in [2.75, 3.05) is 31.6 Å². The number of hydrogen-bond acceptors (Lipinski definition) is 7. The molecule has 4 N–H and O–H groups in total. The predicted octanol–water partition coefficient (Wildman–Crippen LogP) is 3.47. The Bertz CT molecular complexity index is 1170. The molecule has 1 atom stereocenters. The van der Waals surface area contributed by atoms with Crippen molar-refractivity contribution in [3.05, 3.63) is 59.4 Å². The van der Waals surface area contributed by atoms with Crippen LogP contribution in [0.4, 0.5) is 10.2 Å². The van der Waals surface area contributed by atoms with Crippen LogP contribution in [0.5, 0.6) is 0 Å². The van der Waals surface area contributed by atoms with Gasteiger partial charge in [0.25, 0.3) is 0 Å². The number of fused-ring (bicyclic) bond motifs is 1. The topological polar surface area (TPSA) is 97.2 Å². The Morgan fingerprint density at radius 1 is 1.19 bits per heavy atom. The number of aliphatic hydroxyl groups is 1. The first kappa shape index (κ1) is 20.6. The van der Waals surface area contributed by atoms with Gasteiger partial charge in [-0.15, -0.1) is 0 Å². The van der Waals surface area contributed by atoms with E-state index in [1.54, 1.807) is 19.2 Å². The Hall–Kier alpha value is -3.26. The summed E-state index contributed by atoms with van der Waals surface area (Å²) in [7, 11) is 1.67. The summed E-state index contributed by atoms with van der Waals surface area (Å²) >= 11 is 0. The van der Waals surface area contributed by atoms with Crippen LogP contribution in [-0.4, -0.2) is 53.5 Å². The number of allylic oxidation sites excluding steroid dienone is 4. The zero-order valence-electron chi connectivity index (χ0n) is 18.0. The second-order valence-electron chi connectivity index (χ2n) is 8.67. The van der Waals surface area contributed by atoms with Crippen molar-refractivity contribution in [3.63, 3.8) is 0 Å². The van der Waals surface area contributed by atoms with Crippen LogP contribution in [0.2, 0.25) is 0 Å². The standard InChI is InChI=1S/C24H27FN6O/c1-27-12-15-10-17(24(32)22(25)23(15)26)18-4-5-20-19(29-18)6-7-21(30-20)31-9-8-16(13-31)28-11-14-2-3-14/h4-7,10,12,14,16,26-28,32H,2-3,8-9,11,13H2,1H3/b15-12-,26-23?. The molecular formula is C24H27FN6O. The third-order valence-electron chi connectivity index (χ3n) is 6.28. The predicted molar refractivity (Wildman–Crippen MR) is 124 cm³/mol.